The molecule has 0 aromatic heterocycles. The van der Waals surface area contributed by atoms with E-state index in [0.717, 1.165) is 48.0 Å². The number of rotatable bonds is 6. The molecule has 0 fully saturated rings. The van der Waals surface area contributed by atoms with Gasteiger partial charge in [-0.3, -0.25) is 0 Å². The highest BCUT2D eigenvalue weighted by atomic mass is 19.1. The van der Waals surface area contributed by atoms with Gasteiger partial charge in [-0.25, -0.2) is 9.38 Å². The van der Waals surface area contributed by atoms with Crippen molar-refractivity contribution in [1.29, 1.82) is 0 Å². The fraction of sp³-hybridized carbons (Fsp3) is 0.381. The van der Waals surface area contributed by atoms with E-state index >= 15 is 0 Å². The largest absolute Gasteiger partial charge is 0.490 e. The summed E-state index contributed by atoms with van der Waals surface area (Å²) in [5.74, 6) is 2.10. The molecule has 0 saturated carbocycles. The number of benzene rings is 2. The molecular formula is C21H26FN3O2. The Morgan fingerprint density at radius 2 is 1.89 bits per heavy atom. The lowest BCUT2D eigenvalue weighted by Crippen LogP contribution is -2.38. The first-order valence-electron chi connectivity index (χ1n) is 9.40. The second kappa shape index (κ2) is 9.80. The van der Waals surface area contributed by atoms with Gasteiger partial charge in [0, 0.05) is 19.5 Å². The van der Waals surface area contributed by atoms with Crippen LogP contribution in [0.3, 0.4) is 0 Å². The predicted molar refractivity (Wildman–Crippen MR) is 105 cm³/mol. The number of nitrogens with zero attached hydrogens (tertiary/aromatic N) is 1. The van der Waals surface area contributed by atoms with Gasteiger partial charge in [0.05, 0.1) is 19.8 Å². The summed E-state index contributed by atoms with van der Waals surface area (Å²) in [5.41, 5.74) is 2.02. The third-order valence-corrected chi connectivity index (χ3v) is 4.17. The molecule has 0 radical (unpaired) electrons. The Morgan fingerprint density at radius 3 is 2.70 bits per heavy atom. The van der Waals surface area contributed by atoms with Crippen LogP contribution < -0.4 is 20.1 Å². The first kappa shape index (κ1) is 19.0. The molecule has 1 aliphatic rings. The fourth-order valence-electron chi connectivity index (χ4n) is 2.84. The maximum Gasteiger partial charge on any atom is 0.191 e. The minimum atomic E-state index is -0.206. The van der Waals surface area contributed by atoms with Gasteiger partial charge in [0.15, 0.2) is 17.5 Å². The lowest BCUT2D eigenvalue weighted by molar-refractivity contribution is 0.297. The SMILES string of the molecule is CCNC(=NCc1ccc2c(c1)OCCCO2)NCCc1cccc(F)c1. The zero-order chi connectivity index (χ0) is 18.9. The highest BCUT2D eigenvalue weighted by Gasteiger charge is 2.10. The summed E-state index contributed by atoms with van der Waals surface area (Å²) >= 11 is 0. The van der Waals surface area contributed by atoms with Crippen LogP contribution in [0.1, 0.15) is 24.5 Å². The van der Waals surface area contributed by atoms with Crippen LogP contribution in [0.5, 0.6) is 11.5 Å². The topological polar surface area (TPSA) is 54.9 Å². The average Bonchev–Trinajstić information content (AvgIpc) is 2.91. The molecule has 3 rings (SSSR count). The van der Waals surface area contributed by atoms with Crippen LogP contribution in [0.4, 0.5) is 4.39 Å². The Hall–Kier alpha value is -2.76. The van der Waals surface area contributed by atoms with Crippen molar-refractivity contribution >= 4 is 5.96 Å². The Kier molecular flexibility index (Phi) is 6.90. The van der Waals surface area contributed by atoms with Crippen LogP contribution in [0.25, 0.3) is 0 Å². The molecule has 0 amide bonds. The lowest BCUT2D eigenvalue weighted by atomic mass is 10.1. The van der Waals surface area contributed by atoms with Crippen LogP contribution in [0.2, 0.25) is 0 Å². The molecule has 1 heterocycles. The summed E-state index contributed by atoms with van der Waals surface area (Å²) < 4.78 is 24.6. The number of guanidine groups is 1. The lowest BCUT2D eigenvalue weighted by Gasteiger charge is -2.12. The van der Waals surface area contributed by atoms with Crippen LogP contribution in [0.15, 0.2) is 47.5 Å². The number of fused-ring (bicyclic) bond motifs is 1. The average molecular weight is 371 g/mol. The number of nitrogens with one attached hydrogen (secondary N) is 2. The summed E-state index contributed by atoms with van der Waals surface area (Å²) in [4.78, 5) is 4.63. The predicted octanol–water partition coefficient (Wildman–Crippen LogP) is 3.28. The van der Waals surface area contributed by atoms with Gasteiger partial charge in [0.1, 0.15) is 5.82 Å². The molecule has 0 aliphatic carbocycles. The molecule has 0 bridgehead atoms. The van der Waals surface area contributed by atoms with E-state index in [1.54, 1.807) is 12.1 Å². The van der Waals surface area contributed by atoms with Gasteiger partial charge in [0.2, 0.25) is 0 Å². The first-order chi connectivity index (χ1) is 13.2. The van der Waals surface area contributed by atoms with E-state index in [-0.39, 0.29) is 5.82 Å². The molecular weight excluding hydrogens is 345 g/mol. The van der Waals surface area contributed by atoms with E-state index in [0.29, 0.717) is 26.3 Å². The summed E-state index contributed by atoms with van der Waals surface area (Å²) in [7, 11) is 0. The molecule has 27 heavy (non-hydrogen) atoms. The van der Waals surface area contributed by atoms with Crippen LogP contribution in [-0.4, -0.2) is 32.3 Å². The smallest absolute Gasteiger partial charge is 0.191 e. The van der Waals surface area contributed by atoms with E-state index in [2.05, 4.69) is 15.6 Å². The van der Waals surface area contributed by atoms with Gasteiger partial charge in [-0.15, -0.1) is 0 Å². The van der Waals surface area contributed by atoms with Crippen molar-refractivity contribution in [1.82, 2.24) is 10.6 Å². The molecule has 2 N–H and O–H groups in total. The summed E-state index contributed by atoms with van der Waals surface area (Å²) in [6.45, 7) is 5.36. The monoisotopic (exact) mass is 371 g/mol. The molecule has 6 heteroatoms. The fourth-order valence-corrected chi connectivity index (χ4v) is 2.84. The van der Waals surface area contributed by atoms with E-state index in [1.807, 2.05) is 31.2 Å². The molecule has 144 valence electrons. The van der Waals surface area contributed by atoms with E-state index in [9.17, 15) is 4.39 Å². The minimum absolute atomic E-state index is 0.206. The summed E-state index contributed by atoms with van der Waals surface area (Å²) in [6, 6.07) is 12.6. The third-order valence-electron chi connectivity index (χ3n) is 4.17. The van der Waals surface area contributed by atoms with Crippen molar-refractivity contribution in [3.63, 3.8) is 0 Å². The van der Waals surface area contributed by atoms with Crippen LogP contribution in [-0.2, 0) is 13.0 Å². The zero-order valence-corrected chi connectivity index (χ0v) is 15.6. The quantitative estimate of drug-likeness (QED) is 0.604. The van der Waals surface area contributed by atoms with Gasteiger partial charge >= 0.3 is 0 Å². The van der Waals surface area contributed by atoms with E-state index in [4.69, 9.17) is 9.47 Å². The van der Waals surface area contributed by atoms with E-state index < -0.39 is 0 Å². The number of halogens is 1. The summed E-state index contributed by atoms with van der Waals surface area (Å²) in [5, 5.41) is 6.52. The van der Waals surface area contributed by atoms with Gasteiger partial charge in [-0.05, 0) is 48.7 Å². The third kappa shape index (κ3) is 5.88. The van der Waals surface area contributed by atoms with Crippen molar-refractivity contribution in [3.8, 4) is 11.5 Å². The van der Waals surface area contributed by atoms with Crippen molar-refractivity contribution < 1.29 is 13.9 Å². The van der Waals surface area contributed by atoms with Crippen LogP contribution in [0, 0.1) is 5.82 Å². The molecule has 2 aromatic carbocycles. The molecule has 2 aromatic rings. The number of hydrogen-bond acceptors (Lipinski definition) is 3. The second-order valence-corrected chi connectivity index (χ2v) is 6.33. The zero-order valence-electron chi connectivity index (χ0n) is 15.6. The van der Waals surface area contributed by atoms with Crippen molar-refractivity contribution in [2.24, 2.45) is 4.99 Å². The van der Waals surface area contributed by atoms with Gasteiger partial charge in [-0.1, -0.05) is 18.2 Å². The minimum Gasteiger partial charge on any atom is -0.490 e. The molecule has 0 unspecified atom stereocenters. The van der Waals surface area contributed by atoms with Crippen molar-refractivity contribution in [2.75, 3.05) is 26.3 Å². The Labute approximate surface area is 159 Å². The summed E-state index contributed by atoms with van der Waals surface area (Å²) in [6.07, 6.45) is 1.62. The Balaban J connectivity index is 1.57. The Morgan fingerprint density at radius 1 is 1.04 bits per heavy atom. The molecule has 0 spiro atoms. The van der Waals surface area contributed by atoms with Gasteiger partial charge in [0.25, 0.3) is 0 Å². The van der Waals surface area contributed by atoms with Gasteiger partial charge < -0.3 is 20.1 Å². The number of aliphatic imine (C=N–C) groups is 1. The van der Waals surface area contributed by atoms with Crippen LogP contribution >= 0.6 is 0 Å². The highest BCUT2D eigenvalue weighted by Crippen LogP contribution is 2.30. The normalized spacial score (nSPS) is 13.8. The first-order valence-corrected chi connectivity index (χ1v) is 9.40. The maximum atomic E-state index is 13.3. The van der Waals surface area contributed by atoms with Crippen molar-refractivity contribution in [2.45, 2.75) is 26.3 Å². The molecule has 1 aliphatic heterocycles. The highest BCUT2D eigenvalue weighted by molar-refractivity contribution is 5.79. The Bertz CT molecular complexity index is 780. The number of ether oxygens (including phenoxy) is 2. The maximum absolute atomic E-state index is 13.3. The van der Waals surface area contributed by atoms with Crippen molar-refractivity contribution in [3.05, 3.63) is 59.4 Å². The van der Waals surface area contributed by atoms with Gasteiger partial charge in [-0.2, -0.15) is 0 Å². The molecule has 5 nitrogen and oxygen atoms in total. The molecule has 0 saturated heterocycles. The second-order valence-electron chi connectivity index (χ2n) is 6.33. The number of hydrogen-bond donors (Lipinski definition) is 2. The standard InChI is InChI=1S/C21H26FN3O2/c1-2-23-21(24-10-9-16-5-3-6-18(22)13-16)25-15-17-7-8-19-20(14-17)27-12-4-11-26-19/h3,5-8,13-14H,2,4,9-12,15H2,1H3,(H2,23,24,25). The van der Waals surface area contributed by atoms with E-state index in [1.165, 1.54) is 6.07 Å². The molecule has 0 atom stereocenters.